The average Bonchev–Trinajstić information content (AvgIpc) is 2.74. The third-order valence-corrected chi connectivity index (χ3v) is 4.70. The second-order valence-electron chi connectivity index (χ2n) is 7.23. The zero-order valence-electron chi connectivity index (χ0n) is 16.8. The van der Waals surface area contributed by atoms with E-state index in [-0.39, 0.29) is 6.10 Å². The zero-order chi connectivity index (χ0) is 19.6. The Morgan fingerprint density at radius 3 is 2.00 bits per heavy atom. The van der Waals surface area contributed by atoms with Gasteiger partial charge < -0.3 is 9.64 Å². The van der Waals surface area contributed by atoms with Crippen molar-refractivity contribution in [3.05, 3.63) is 114 Å². The Morgan fingerprint density at radius 2 is 1.39 bits per heavy atom. The third-order valence-electron chi connectivity index (χ3n) is 4.70. The van der Waals surface area contributed by atoms with Crippen LogP contribution in [0.25, 0.3) is 5.57 Å². The predicted molar refractivity (Wildman–Crippen MR) is 118 cm³/mol. The lowest BCUT2D eigenvalue weighted by atomic mass is 9.95. The van der Waals surface area contributed by atoms with E-state index in [0.29, 0.717) is 6.61 Å². The van der Waals surface area contributed by atoms with Gasteiger partial charge in [0.25, 0.3) is 0 Å². The molecule has 3 aromatic carbocycles. The molecule has 2 nitrogen and oxygen atoms in total. The molecule has 0 aliphatic carbocycles. The van der Waals surface area contributed by atoms with Gasteiger partial charge in [-0.15, -0.1) is 0 Å². The van der Waals surface area contributed by atoms with Gasteiger partial charge in [0.2, 0.25) is 0 Å². The maximum absolute atomic E-state index is 6.31. The van der Waals surface area contributed by atoms with Crippen LogP contribution in [0.4, 0.5) is 0 Å². The highest BCUT2D eigenvalue weighted by atomic mass is 16.5. The highest BCUT2D eigenvalue weighted by molar-refractivity contribution is 5.68. The molecule has 0 bridgehead atoms. The van der Waals surface area contributed by atoms with Crippen LogP contribution in [0.5, 0.6) is 0 Å². The Hall–Kier alpha value is -2.68. The Labute approximate surface area is 169 Å². The van der Waals surface area contributed by atoms with Gasteiger partial charge in [0, 0.05) is 6.54 Å². The first-order chi connectivity index (χ1) is 13.7. The maximum Gasteiger partial charge on any atom is 0.101 e. The number of allylic oxidation sites excluding steroid dienone is 1. The first-order valence-corrected chi connectivity index (χ1v) is 9.83. The van der Waals surface area contributed by atoms with Crippen LogP contribution in [0.3, 0.4) is 0 Å². The number of hydrogen-bond acceptors (Lipinski definition) is 2. The van der Waals surface area contributed by atoms with Gasteiger partial charge in [-0.3, -0.25) is 0 Å². The molecule has 0 amide bonds. The minimum Gasteiger partial charge on any atom is -0.368 e. The van der Waals surface area contributed by atoms with Crippen LogP contribution in [-0.2, 0) is 11.2 Å². The van der Waals surface area contributed by atoms with Crippen LogP contribution in [0.2, 0.25) is 0 Å². The number of ether oxygens (including phenoxy) is 1. The van der Waals surface area contributed by atoms with Crippen molar-refractivity contribution in [2.24, 2.45) is 0 Å². The molecule has 28 heavy (non-hydrogen) atoms. The summed E-state index contributed by atoms with van der Waals surface area (Å²) < 4.78 is 6.31. The molecule has 0 heterocycles. The Bertz CT molecular complexity index is 841. The van der Waals surface area contributed by atoms with Crippen LogP contribution in [0.1, 0.15) is 22.8 Å². The summed E-state index contributed by atoms with van der Waals surface area (Å²) in [5, 5.41) is 0. The molecule has 144 valence electrons. The van der Waals surface area contributed by atoms with Crippen LogP contribution in [0, 0.1) is 0 Å². The molecule has 0 saturated carbocycles. The Kier molecular flexibility index (Phi) is 7.60. The second-order valence-corrected chi connectivity index (χ2v) is 7.23. The van der Waals surface area contributed by atoms with Gasteiger partial charge in [-0.05, 0) is 48.9 Å². The molecular weight excluding hydrogens is 342 g/mol. The van der Waals surface area contributed by atoms with Gasteiger partial charge in [0.15, 0.2) is 0 Å². The SMILES string of the molecule is CN(C)CCOC(C=C(Cc1ccccc1)c1ccccc1)c1ccccc1. The molecule has 3 rings (SSSR count). The average molecular weight is 372 g/mol. The van der Waals surface area contributed by atoms with E-state index in [1.807, 2.05) is 6.07 Å². The monoisotopic (exact) mass is 371 g/mol. The van der Waals surface area contributed by atoms with Crippen LogP contribution >= 0.6 is 0 Å². The van der Waals surface area contributed by atoms with E-state index >= 15 is 0 Å². The second kappa shape index (κ2) is 10.6. The molecule has 0 fully saturated rings. The summed E-state index contributed by atoms with van der Waals surface area (Å²) in [4.78, 5) is 2.15. The van der Waals surface area contributed by atoms with Gasteiger partial charge in [0.05, 0.1) is 6.61 Å². The maximum atomic E-state index is 6.31. The van der Waals surface area contributed by atoms with Crippen LogP contribution in [-0.4, -0.2) is 32.1 Å². The quantitative estimate of drug-likeness (QED) is 0.483. The molecule has 0 aliphatic rings. The fourth-order valence-electron chi connectivity index (χ4n) is 3.15. The van der Waals surface area contributed by atoms with Gasteiger partial charge in [-0.1, -0.05) is 91.0 Å². The molecule has 0 N–H and O–H groups in total. The number of rotatable bonds is 9. The summed E-state index contributed by atoms with van der Waals surface area (Å²) in [5.74, 6) is 0. The van der Waals surface area contributed by atoms with Gasteiger partial charge >= 0.3 is 0 Å². The number of likely N-dealkylation sites (N-methyl/N-ethyl adjacent to an activating group) is 1. The first kappa shape index (κ1) is 20.1. The largest absolute Gasteiger partial charge is 0.368 e. The Balaban J connectivity index is 1.93. The normalized spacial score (nSPS) is 12.9. The molecule has 0 aliphatic heterocycles. The van der Waals surface area contributed by atoms with E-state index in [1.165, 1.54) is 22.3 Å². The smallest absolute Gasteiger partial charge is 0.101 e. The number of hydrogen-bond donors (Lipinski definition) is 0. The molecule has 2 heteroatoms. The fourth-order valence-corrected chi connectivity index (χ4v) is 3.15. The van der Waals surface area contributed by atoms with Crippen molar-refractivity contribution in [1.29, 1.82) is 0 Å². The van der Waals surface area contributed by atoms with Gasteiger partial charge in [-0.25, -0.2) is 0 Å². The summed E-state index contributed by atoms with van der Waals surface area (Å²) in [5.41, 5.74) is 5.01. The van der Waals surface area contributed by atoms with Gasteiger partial charge in [0.1, 0.15) is 6.10 Å². The zero-order valence-corrected chi connectivity index (χ0v) is 16.8. The van der Waals surface area contributed by atoms with E-state index in [4.69, 9.17) is 4.74 Å². The summed E-state index contributed by atoms with van der Waals surface area (Å²) in [6, 6.07) is 31.7. The number of nitrogens with zero attached hydrogens (tertiary/aromatic N) is 1. The molecule has 0 saturated heterocycles. The Morgan fingerprint density at radius 1 is 0.821 bits per heavy atom. The highest BCUT2D eigenvalue weighted by Crippen LogP contribution is 2.27. The molecular formula is C26H29NO. The lowest BCUT2D eigenvalue weighted by molar-refractivity contribution is 0.0736. The van der Waals surface area contributed by atoms with Crippen LogP contribution in [0.15, 0.2) is 97.1 Å². The van der Waals surface area contributed by atoms with Crippen molar-refractivity contribution < 1.29 is 4.74 Å². The van der Waals surface area contributed by atoms with Crippen molar-refractivity contribution in [2.75, 3.05) is 27.2 Å². The molecule has 0 radical (unpaired) electrons. The lowest BCUT2D eigenvalue weighted by Crippen LogP contribution is -2.19. The number of benzene rings is 3. The van der Waals surface area contributed by atoms with E-state index < -0.39 is 0 Å². The molecule has 1 atom stereocenters. The van der Waals surface area contributed by atoms with E-state index in [1.54, 1.807) is 0 Å². The summed E-state index contributed by atoms with van der Waals surface area (Å²) in [6.45, 7) is 1.59. The molecule has 3 aromatic rings. The third kappa shape index (κ3) is 6.19. The predicted octanol–water partition coefficient (Wildman–Crippen LogP) is 5.63. The van der Waals surface area contributed by atoms with Crippen LogP contribution < -0.4 is 0 Å². The van der Waals surface area contributed by atoms with Gasteiger partial charge in [-0.2, -0.15) is 0 Å². The van der Waals surface area contributed by atoms with E-state index in [0.717, 1.165) is 13.0 Å². The highest BCUT2D eigenvalue weighted by Gasteiger charge is 2.12. The van der Waals surface area contributed by atoms with Crippen molar-refractivity contribution >= 4 is 5.57 Å². The summed E-state index contributed by atoms with van der Waals surface area (Å²) in [6.07, 6.45) is 3.10. The minimum absolute atomic E-state index is 0.0694. The van der Waals surface area contributed by atoms with Crippen molar-refractivity contribution in [3.63, 3.8) is 0 Å². The molecule has 1 unspecified atom stereocenters. The van der Waals surface area contributed by atoms with E-state index in [2.05, 4.69) is 110 Å². The van der Waals surface area contributed by atoms with Crippen molar-refractivity contribution in [3.8, 4) is 0 Å². The fraction of sp³-hybridized carbons (Fsp3) is 0.231. The molecule has 0 spiro atoms. The summed E-state index contributed by atoms with van der Waals surface area (Å²) in [7, 11) is 4.14. The minimum atomic E-state index is -0.0694. The molecule has 0 aromatic heterocycles. The topological polar surface area (TPSA) is 12.5 Å². The van der Waals surface area contributed by atoms with Crippen molar-refractivity contribution in [1.82, 2.24) is 4.90 Å². The lowest BCUT2D eigenvalue weighted by Gasteiger charge is -2.19. The van der Waals surface area contributed by atoms with Crippen molar-refractivity contribution in [2.45, 2.75) is 12.5 Å². The van der Waals surface area contributed by atoms with E-state index in [9.17, 15) is 0 Å². The standard InChI is InChI=1S/C26H29NO/c1-27(2)18-19-28-26(24-16-10-5-11-17-24)21-25(23-14-8-4-9-15-23)20-22-12-6-3-7-13-22/h3-17,21,26H,18-20H2,1-2H3. The summed E-state index contributed by atoms with van der Waals surface area (Å²) >= 11 is 0. The first-order valence-electron chi connectivity index (χ1n) is 9.83.